The molecular formula is C22H28N4O4. The molecule has 0 spiro atoms. The van der Waals surface area contributed by atoms with Gasteiger partial charge in [0, 0.05) is 25.2 Å². The van der Waals surface area contributed by atoms with Gasteiger partial charge in [-0.15, -0.1) is 0 Å². The van der Waals surface area contributed by atoms with E-state index in [0.29, 0.717) is 31.1 Å². The summed E-state index contributed by atoms with van der Waals surface area (Å²) in [6.07, 6.45) is 1.28. The summed E-state index contributed by atoms with van der Waals surface area (Å²) in [6.45, 7) is 8.84. The molecule has 1 aliphatic rings. The Morgan fingerprint density at radius 2 is 1.80 bits per heavy atom. The minimum atomic E-state index is -0.541. The number of hydrogen-bond donors (Lipinski definition) is 2. The number of carbonyl (C=O) groups is 2. The van der Waals surface area contributed by atoms with Gasteiger partial charge in [0.15, 0.2) is 0 Å². The van der Waals surface area contributed by atoms with Crippen LogP contribution >= 0.6 is 0 Å². The Balaban J connectivity index is 1.51. The van der Waals surface area contributed by atoms with E-state index in [9.17, 15) is 9.59 Å². The van der Waals surface area contributed by atoms with Crippen LogP contribution in [0.15, 0.2) is 42.6 Å². The van der Waals surface area contributed by atoms with Gasteiger partial charge >= 0.3 is 6.09 Å². The van der Waals surface area contributed by atoms with Crippen LogP contribution in [0.3, 0.4) is 0 Å². The summed E-state index contributed by atoms with van der Waals surface area (Å²) in [4.78, 5) is 30.7. The van der Waals surface area contributed by atoms with E-state index in [1.807, 2.05) is 26.8 Å². The molecule has 0 saturated carbocycles. The molecule has 0 bridgehead atoms. The summed E-state index contributed by atoms with van der Waals surface area (Å²) in [5, 5.41) is 5.49. The number of morpholine rings is 1. The molecule has 160 valence electrons. The molecule has 8 nitrogen and oxygen atoms in total. The van der Waals surface area contributed by atoms with Crippen LogP contribution in [-0.4, -0.2) is 48.9 Å². The Bertz CT molecular complexity index is 854. The average molecular weight is 412 g/mol. The van der Waals surface area contributed by atoms with E-state index in [1.165, 1.54) is 0 Å². The fourth-order valence-corrected chi connectivity index (χ4v) is 2.92. The maximum absolute atomic E-state index is 12.5. The standard InChI is InChI=1S/C22H28N4O4/c1-22(2,3)30-21(28)24-14-16-4-6-17(7-5-16)20(27)25-19-9-8-18(15-23-19)26-10-12-29-13-11-26/h4-9,15H,10-14H2,1-3H3,(H,24,28)(H,23,25,27). The van der Waals surface area contributed by atoms with E-state index in [4.69, 9.17) is 9.47 Å². The Labute approximate surface area is 176 Å². The van der Waals surface area contributed by atoms with E-state index < -0.39 is 11.7 Å². The van der Waals surface area contributed by atoms with Crippen LogP contribution in [0.2, 0.25) is 0 Å². The summed E-state index contributed by atoms with van der Waals surface area (Å²) >= 11 is 0. The van der Waals surface area contributed by atoms with Gasteiger partial charge in [-0.2, -0.15) is 0 Å². The van der Waals surface area contributed by atoms with Crippen molar-refractivity contribution in [1.82, 2.24) is 10.3 Å². The summed E-state index contributed by atoms with van der Waals surface area (Å²) < 4.78 is 10.6. The van der Waals surface area contributed by atoms with Crippen LogP contribution in [0.25, 0.3) is 0 Å². The number of anilines is 2. The normalized spacial score (nSPS) is 14.2. The molecule has 2 N–H and O–H groups in total. The van der Waals surface area contributed by atoms with E-state index in [-0.39, 0.29) is 5.91 Å². The minimum Gasteiger partial charge on any atom is -0.444 e. The van der Waals surface area contributed by atoms with Gasteiger partial charge in [0.2, 0.25) is 0 Å². The van der Waals surface area contributed by atoms with Crippen molar-refractivity contribution in [1.29, 1.82) is 0 Å². The van der Waals surface area contributed by atoms with Gasteiger partial charge in [-0.3, -0.25) is 4.79 Å². The number of hydrogen-bond acceptors (Lipinski definition) is 6. The van der Waals surface area contributed by atoms with Gasteiger partial charge in [0.25, 0.3) is 5.91 Å². The highest BCUT2D eigenvalue weighted by Crippen LogP contribution is 2.17. The number of carbonyl (C=O) groups excluding carboxylic acids is 2. The van der Waals surface area contributed by atoms with Gasteiger partial charge in [0.05, 0.1) is 25.1 Å². The van der Waals surface area contributed by atoms with Crippen molar-refractivity contribution < 1.29 is 19.1 Å². The minimum absolute atomic E-state index is 0.242. The number of alkyl carbamates (subject to hydrolysis) is 1. The molecule has 1 fully saturated rings. The van der Waals surface area contributed by atoms with Gasteiger partial charge in [-0.25, -0.2) is 9.78 Å². The summed E-state index contributed by atoms with van der Waals surface area (Å²) in [5.74, 6) is 0.251. The second-order valence-corrected chi connectivity index (χ2v) is 8.01. The number of benzene rings is 1. The molecule has 0 atom stereocenters. The van der Waals surface area contributed by atoms with Crippen LogP contribution < -0.4 is 15.5 Å². The molecule has 0 aliphatic carbocycles. The molecule has 2 amide bonds. The van der Waals surface area contributed by atoms with Crippen molar-refractivity contribution in [2.24, 2.45) is 0 Å². The molecule has 3 rings (SSSR count). The first-order valence-corrected chi connectivity index (χ1v) is 9.96. The molecule has 30 heavy (non-hydrogen) atoms. The van der Waals surface area contributed by atoms with Crippen LogP contribution in [0.1, 0.15) is 36.7 Å². The van der Waals surface area contributed by atoms with Gasteiger partial charge in [0.1, 0.15) is 11.4 Å². The maximum atomic E-state index is 12.5. The molecule has 1 saturated heterocycles. The SMILES string of the molecule is CC(C)(C)OC(=O)NCc1ccc(C(=O)Nc2ccc(N3CCOCC3)cn2)cc1. The lowest BCUT2D eigenvalue weighted by atomic mass is 10.1. The lowest BCUT2D eigenvalue weighted by molar-refractivity contribution is 0.0523. The van der Waals surface area contributed by atoms with Gasteiger partial charge < -0.3 is 25.0 Å². The molecule has 8 heteroatoms. The van der Waals surface area contributed by atoms with Crippen molar-refractivity contribution in [2.75, 3.05) is 36.5 Å². The lowest BCUT2D eigenvalue weighted by Crippen LogP contribution is -2.36. The molecule has 2 aromatic rings. The van der Waals surface area contributed by atoms with Crippen LogP contribution in [0, 0.1) is 0 Å². The van der Waals surface area contributed by atoms with E-state index >= 15 is 0 Å². The molecule has 2 heterocycles. The molecule has 0 radical (unpaired) electrons. The molecule has 1 aromatic heterocycles. The summed E-state index contributed by atoms with van der Waals surface area (Å²) in [5.41, 5.74) is 1.85. The summed E-state index contributed by atoms with van der Waals surface area (Å²) in [6, 6.07) is 10.7. The number of pyridine rings is 1. The van der Waals surface area contributed by atoms with E-state index in [2.05, 4.69) is 20.5 Å². The maximum Gasteiger partial charge on any atom is 0.407 e. The topological polar surface area (TPSA) is 92.8 Å². The Kier molecular flexibility index (Phi) is 6.89. The average Bonchev–Trinajstić information content (AvgIpc) is 2.72. The molecule has 0 unspecified atom stereocenters. The second kappa shape index (κ2) is 9.58. The molecule has 1 aromatic carbocycles. The van der Waals surface area contributed by atoms with Crippen LogP contribution in [-0.2, 0) is 16.0 Å². The van der Waals surface area contributed by atoms with Crippen molar-refractivity contribution in [3.05, 3.63) is 53.7 Å². The third-order valence-corrected chi connectivity index (χ3v) is 4.42. The van der Waals surface area contributed by atoms with Gasteiger partial charge in [-0.1, -0.05) is 12.1 Å². The van der Waals surface area contributed by atoms with Crippen molar-refractivity contribution in [2.45, 2.75) is 32.9 Å². The smallest absolute Gasteiger partial charge is 0.407 e. The fraction of sp³-hybridized carbons (Fsp3) is 0.409. The van der Waals surface area contributed by atoms with Crippen LogP contribution in [0.5, 0.6) is 0 Å². The number of nitrogens with one attached hydrogen (secondary N) is 2. The predicted octanol–water partition coefficient (Wildman–Crippen LogP) is 3.20. The first-order chi connectivity index (χ1) is 14.3. The predicted molar refractivity (Wildman–Crippen MR) is 115 cm³/mol. The molecular weight excluding hydrogens is 384 g/mol. The second-order valence-electron chi connectivity index (χ2n) is 8.01. The highest BCUT2D eigenvalue weighted by atomic mass is 16.6. The van der Waals surface area contributed by atoms with Crippen molar-refractivity contribution in [3.63, 3.8) is 0 Å². The monoisotopic (exact) mass is 412 g/mol. The first kappa shape index (κ1) is 21.6. The zero-order valence-electron chi connectivity index (χ0n) is 17.6. The zero-order valence-corrected chi connectivity index (χ0v) is 17.6. The zero-order chi connectivity index (χ0) is 21.6. The first-order valence-electron chi connectivity index (χ1n) is 9.96. The lowest BCUT2D eigenvalue weighted by Gasteiger charge is -2.28. The number of aromatic nitrogens is 1. The van der Waals surface area contributed by atoms with Crippen molar-refractivity contribution >= 4 is 23.5 Å². The Morgan fingerprint density at radius 3 is 2.40 bits per heavy atom. The third-order valence-electron chi connectivity index (χ3n) is 4.42. The van der Waals surface area contributed by atoms with Gasteiger partial charge in [-0.05, 0) is 50.6 Å². The third kappa shape index (κ3) is 6.45. The molecule has 1 aliphatic heterocycles. The Morgan fingerprint density at radius 1 is 1.10 bits per heavy atom. The largest absolute Gasteiger partial charge is 0.444 e. The number of nitrogens with zero attached hydrogens (tertiary/aromatic N) is 2. The highest BCUT2D eigenvalue weighted by molar-refractivity contribution is 6.03. The summed E-state index contributed by atoms with van der Waals surface area (Å²) in [7, 11) is 0. The Hall–Kier alpha value is -3.13. The number of ether oxygens (including phenoxy) is 2. The van der Waals surface area contributed by atoms with Crippen molar-refractivity contribution in [3.8, 4) is 0 Å². The number of amides is 2. The number of rotatable bonds is 5. The van der Waals surface area contributed by atoms with E-state index in [0.717, 1.165) is 24.3 Å². The fourth-order valence-electron chi connectivity index (χ4n) is 2.92. The van der Waals surface area contributed by atoms with Crippen LogP contribution in [0.4, 0.5) is 16.3 Å². The van der Waals surface area contributed by atoms with E-state index in [1.54, 1.807) is 36.5 Å². The quantitative estimate of drug-likeness (QED) is 0.784. The highest BCUT2D eigenvalue weighted by Gasteiger charge is 2.16.